The number of rotatable bonds is 7. The quantitative estimate of drug-likeness (QED) is 0.764. The molecule has 0 aromatic heterocycles. The molecule has 0 radical (unpaired) electrons. The Morgan fingerprint density at radius 2 is 1.83 bits per heavy atom. The summed E-state index contributed by atoms with van der Waals surface area (Å²) in [7, 11) is 0. The van der Waals surface area contributed by atoms with Crippen LogP contribution in [0, 0.1) is 11.6 Å². The average Bonchev–Trinajstić information content (AvgIpc) is 2.34. The third-order valence-corrected chi connectivity index (χ3v) is 2.69. The summed E-state index contributed by atoms with van der Waals surface area (Å²) in [5.74, 6) is -2.77. The summed E-state index contributed by atoms with van der Waals surface area (Å²) in [5.41, 5.74) is 0.501. The molecule has 1 aromatic rings. The van der Waals surface area contributed by atoms with Gasteiger partial charge in [0.2, 0.25) is 0 Å². The molecule has 1 rings (SSSR count). The van der Waals surface area contributed by atoms with E-state index in [1.807, 2.05) is 18.7 Å². The van der Waals surface area contributed by atoms with Crippen molar-refractivity contribution in [2.24, 2.45) is 0 Å². The van der Waals surface area contributed by atoms with Gasteiger partial charge in [0.25, 0.3) is 0 Å². The van der Waals surface area contributed by atoms with E-state index in [1.165, 1.54) is 0 Å². The summed E-state index contributed by atoms with van der Waals surface area (Å²) in [4.78, 5) is 2.01. The summed E-state index contributed by atoms with van der Waals surface area (Å²) in [6.07, 6.45) is 0. The van der Waals surface area contributed by atoms with Crippen LogP contribution in [0.2, 0.25) is 0 Å². The standard InChI is InChI=1S/C13H19F2NO2/c1-3-16(5-6-18-4-2)9-10-7-11(14)13(17)12(15)8-10/h7-8,17H,3-6,9H2,1-2H3. The average molecular weight is 259 g/mol. The first-order valence-electron chi connectivity index (χ1n) is 6.05. The first kappa shape index (κ1) is 14.9. The van der Waals surface area contributed by atoms with E-state index in [4.69, 9.17) is 9.84 Å². The van der Waals surface area contributed by atoms with E-state index in [-0.39, 0.29) is 0 Å². The van der Waals surface area contributed by atoms with Gasteiger partial charge in [0.1, 0.15) is 0 Å². The van der Waals surface area contributed by atoms with Crippen LogP contribution in [0.1, 0.15) is 19.4 Å². The van der Waals surface area contributed by atoms with E-state index in [1.54, 1.807) is 0 Å². The first-order valence-corrected chi connectivity index (χ1v) is 6.05. The summed E-state index contributed by atoms with van der Waals surface area (Å²) in [6, 6.07) is 2.31. The van der Waals surface area contributed by atoms with Crippen molar-refractivity contribution in [1.82, 2.24) is 4.90 Å². The largest absolute Gasteiger partial charge is 0.503 e. The molecule has 0 atom stereocenters. The lowest BCUT2D eigenvalue weighted by Crippen LogP contribution is -2.27. The van der Waals surface area contributed by atoms with Crippen LogP contribution in [0.4, 0.5) is 8.78 Å². The lowest BCUT2D eigenvalue weighted by Gasteiger charge is -2.20. The zero-order chi connectivity index (χ0) is 13.5. The van der Waals surface area contributed by atoms with Crippen LogP contribution < -0.4 is 0 Å². The number of hydrogen-bond acceptors (Lipinski definition) is 3. The number of ether oxygens (including phenoxy) is 1. The molecule has 0 spiro atoms. The SMILES string of the molecule is CCOCCN(CC)Cc1cc(F)c(O)c(F)c1. The molecule has 0 aliphatic rings. The van der Waals surface area contributed by atoms with Crippen molar-refractivity contribution >= 4 is 0 Å². The molecule has 0 saturated carbocycles. The molecule has 18 heavy (non-hydrogen) atoms. The molecule has 1 aromatic carbocycles. The number of halogens is 2. The third-order valence-electron chi connectivity index (χ3n) is 2.69. The molecular formula is C13H19F2NO2. The van der Waals surface area contributed by atoms with Gasteiger partial charge in [-0.2, -0.15) is 0 Å². The van der Waals surface area contributed by atoms with Crippen LogP contribution in [0.15, 0.2) is 12.1 Å². The summed E-state index contributed by atoms with van der Waals surface area (Å²) in [6.45, 7) is 7.02. The highest BCUT2D eigenvalue weighted by molar-refractivity contribution is 5.29. The molecule has 1 N–H and O–H groups in total. The maximum absolute atomic E-state index is 13.2. The van der Waals surface area contributed by atoms with Gasteiger partial charge < -0.3 is 9.84 Å². The minimum atomic E-state index is -0.925. The minimum absolute atomic E-state index is 0.428. The van der Waals surface area contributed by atoms with Crippen LogP contribution in [0.3, 0.4) is 0 Å². The first-order chi connectivity index (χ1) is 8.58. The Hall–Kier alpha value is -1.20. The number of likely N-dealkylation sites (N-methyl/N-ethyl adjacent to an activating group) is 1. The molecule has 3 nitrogen and oxygen atoms in total. The van der Waals surface area contributed by atoms with Crippen molar-refractivity contribution in [3.8, 4) is 5.75 Å². The molecule has 0 heterocycles. The normalized spacial score (nSPS) is 11.2. The van der Waals surface area contributed by atoms with Crippen molar-refractivity contribution in [2.75, 3.05) is 26.3 Å². The number of phenols is 1. The molecule has 5 heteroatoms. The van der Waals surface area contributed by atoms with Gasteiger partial charge in [-0.15, -0.1) is 0 Å². The smallest absolute Gasteiger partial charge is 0.187 e. The van der Waals surface area contributed by atoms with Crippen LogP contribution in [0.25, 0.3) is 0 Å². The Labute approximate surface area is 106 Å². The Morgan fingerprint density at radius 1 is 1.22 bits per heavy atom. The Balaban J connectivity index is 2.64. The molecule has 0 aliphatic heterocycles. The van der Waals surface area contributed by atoms with E-state index in [2.05, 4.69) is 0 Å². The Bertz CT molecular complexity index is 362. The molecule has 0 unspecified atom stereocenters. The van der Waals surface area contributed by atoms with Crippen molar-refractivity contribution in [1.29, 1.82) is 0 Å². The van der Waals surface area contributed by atoms with Crippen LogP contribution >= 0.6 is 0 Å². The van der Waals surface area contributed by atoms with Gasteiger partial charge in [0.05, 0.1) is 6.61 Å². The third kappa shape index (κ3) is 4.23. The minimum Gasteiger partial charge on any atom is -0.503 e. The highest BCUT2D eigenvalue weighted by Gasteiger charge is 2.11. The van der Waals surface area contributed by atoms with Gasteiger partial charge >= 0.3 is 0 Å². The van der Waals surface area contributed by atoms with E-state index in [0.717, 1.165) is 18.7 Å². The van der Waals surface area contributed by atoms with Gasteiger partial charge in [-0.25, -0.2) is 8.78 Å². The topological polar surface area (TPSA) is 32.7 Å². The van der Waals surface area contributed by atoms with E-state index < -0.39 is 17.4 Å². The molecule has 0 amide bonds. The van der Waals surface area contributed by atoms with E-state index >= 15 is 0 Å². The lowest BCUT2D eigenvalue weighted by molar-refractivity contribution is 0.113. The van der Waals surface area contributed by atoms with Gasteiger partial charge in [0, 0.05) is 19.7 Å². The highest BCUT2D eigenvalue weighted by atomic mass is 19.1. The summed E-state index contributed by atoms with van der Waals surface area (Å²) >= 11 is 0. The predicted octanol–water partition coefficient (Wildman–Crippen LogP) is 2.53. The Kier molecular flexibility index (Phi) is 6.01. The molecule has 0 aliphatic carbocycles. The lowest BCUT2D eigenvalue weighted by atomic mass is 10.2. The second-order valence-electron chi connectivity index (χ2n) is 3.97. The van der Waals surface area contributed by atoms with Crippen molar-refractivity contribution in [2.45, 2.75) is 20.4 Å². The number of hydrogen-bond donors (Lipinski definition) is 1. The van der Waals surface area contributed by atoms with Crippen molar-refractivity contribution < 1.29 is 18.6 Å². The van der Waals surface area contributed by atoms with Crippen molar-refractivity contribution in [3.63, 3.8) is 0 Å². The summed E-state index contributed by atoms with van der Waals surface area (Å²) < 4.78 is 31.6. The zero-order valence-electron chi connectivity index (χ0n) is 10.7. The molecule has 0 fully saturated rings. The predicted molar refractivity (Wildman–Crippen MR) is 65.5 cm³/mol. The van der Waals surface area contributed by atoms with Crippen LogP contribution in [0.5, 0.6) is 5.75 Å². The Morgan fingerprint density at radius 3 is 2.33 bits per heavy atom. The number of nitrogens with zero attached hydrogens (tertiary/aromatic N) is 1. The monoisotopic (exact) mass is 259 g/mol. The van der Waals surface area contributed by atoms with Gasteiger partial charge in [-0.1, -0.05) is 6.92 Å². The van der Waals surface area contributed by atoms with E-state index in [9.17, 15) is 8.78 Å². The maximum atomic E-state index is 13.2. The van der Waals surface area contributed by atoms with Crippen LogP contribution in [-0.4, -0.2) is 36.3 Å². The molecular weight excluding hydrogens is 240 g/mol. The maximum Gasteiger partial charge on any atom is 0.187 e. The number of aromatic hydroxyl groups is 1. The van der Waals surface area contributed by atoms with Crippen molar-refractivity contribution in [3.05, 3.63) is 29.3 Å². The highest BCUT2D eigenvalue weighted by Crippen LogP contribution is 2.22. The fraction of sp³-hybridized carbons (Fsp3) is 0.538. The molecule has 102 valence electrons. The molecule has 0 saturated heterocycles. The fourth-order valence-corrected chi connectivity index (χ4v) is 1.65. The molecule has 0 bridgehead atoms. The van der Waals surface area contributed by atoms with Crippen LogP contribution in [-0.2, 0) is 11.3 Å². The van der Waals surface area contributed by atoms with E-state index in [0.29, 0.717) is 31.9 Å². The second kappa shape index (κ2) is 7.28. The number of benzene rings is 1. The fourth-order valence-electron chi connectivity index (χ4n) is 1.65. The second-order valence-corrected chi connectivity index (χ2v) is 3.97. The summed E-state index contributed by atoms with van der Waals surface area (Å²) in [5, 5.41) is 9.01. The zero-order valence-corrected chi connectivity index (χ0v) is 10.7. The van der Waals surface area contributed by atoms with Gasteiger partial charge in [-0.05, 0) is 31.2 Å². The number of phenolic OH excluding ortho intramolecular Hbond substituents is 1. The van der Waals surface area contributed by atoms with Gasteiger partial charge in [-0.3, -0.25) is 4.90 Å². The van der Waals surface area contributed by atoms with Gasteiger partial charge in [0.15, 0.2) is 17.4 Å².